The number of hydrogen-bond donors (Lipinski definition) is 2. The molecule has 0 aliphatic carbocycles. The van der Waals surface area contributed by atoms with Crippen LogP contribution in [0.5, 0.6) is 11.5 Å². The van der Waals surface area contributed by atoms with Crippen LogP contribution in [0.1, 0.15) is 18.5 Å². The molecule has 2 N–H and O–H groups in total. The predicted molar refractivity (Wildman–Crippen MR) is 138 cm³/mol. The molecule has 1 amide bonds. The van der Waals surface area contributed by atoms with E-state index in [0.717, 1.165) is 12.8 Å². The number of hydrogen-bond acceptors (Lipinski definition) is 9. The first-order chi connectivity index (χ1) is 18.1. The maximum Gasteiger partial charge on any atom is 0.248 e. The first-order valence-electron chi connectivity index (χ1n) is 11.8. The van der Waals surface area contributed by atoms with Gasteiger partial charge in [-0.15, -0.1) is 0 Å². The van der Waals surface area contributed by atoms with Crippen molar-refractivity contribution in [3.8, 4) is 11.5 Å². The van der Waals surface area contributed by atoms with Gasteiger partial charge in [-0.1, -0.05) is 17.7 Å². The molecular formula is C26H25ClN6O4. The van der Waals surface area contributed by atoms with Crippen molar-refractivity contribution in [3.63, 3.8) is 0 Å². The molecule has 0 spiro atoms. The predicted octanol–water partition coefficient (Wildman–Crippen LogP) is 3.76. The van der Waals surface area contributed by atoms with E-state index in [-0.39, 0.29) is 18.6 Å². The largest absolute Gasteiger partial charge is 0.491 e. The van der Waals surface area contributed by atoms with E-state index in [0.29, 0.717) is 57.8 Å². The van der Waals surface area contributed by atoms with Crippen molar-refractivity contribution < 1.29 is 19.4 Å². The fourth-order valence-electron chi connectivity index (χ4n) is 4.30. The Hall–Kier alpha value is -4.02. The number of anilines is 2. The standard InChI is InChI=1S/C26H25ClN6O4/c27-20-11-17(6-7-22(20)36-14-18-12-28-8-9-29-18)32-26-25-21(30-16-31-26)4-1-5-23(25)37-15-19-3-2-10-33(19)24(35)13-34/h1,4-9,11-12,16,19,34H,2-3,10,13-15H2,(H,30,31,32)/t19-/m1/s1. The number of amides is 1. The van der Waals surface area contributed by atoms with Crippen molar-refractivity contribution in [3.05, 3.63) is 72.0 Å². The average molecular weight is 521 g/mol. The van der Waals surface area contributed by atoms with Crippen LogP contribution in [0.3, 0.4) is 0 Å². The SMILES string of the molecule is O=C(CO)N1CCC[C@@H]1COc1cccc2ncnc(Nc3ccc(OCc4cnccn4)c(Cl)c3)c12. The molecule has 10 nitrogen and oxygen atoms in total. The van der Waals surface area contributed by atoms with E-state index in [9.17, 15) is 9.90 Å². The van der Waals surface area contributed by atoms with Gasteiger partial charge in [-0.2, -0.15) is 0 Å². The summed E-state index contributed by atoms with van der Waals surface area (Å²) in [5, 5.41) is 13.7. The van der Waals surface area contributed by atoms with Crippen LogP contribution < -0.4 is 14.8 Å². The molecule has 1 fully saturated rings. The number of aromatic nitrogens is 4. The Bertz CT molecular complexity index is 1390. The number of carbonyl (C=O) groups is 1. The Morgan fingerprint density at radius 2 is 2.05 bits per heavy atom. The van der Waals surface area contributed by atoms with Crippen molar-refractivity contribution in [2.45, 2.75) is 25.5 Å². The van der Waals surface area contributed by atoms with Crippen LogP contribution in [0, 0.1) is 0 Å². The van der Waals surface area contributed by atoms with E-state index in [1.165, 1.54) is 6.33 Å². The third kappa shape index (κ3) is 5.71. The highest BCUT2D eigenvalue weighted by atomic mass is 35.5. The van der Waals surface area contributed by atoms with E-state index in [1.807, 2.05) is 24.3 Å². The zero-order valence-corrected chi connectivity index (χ0v) is 20.6. The van der Waals surface area contributed by atoms with Gasteiger partial charge in [0.25, 0.3) is 0 Å². The molecule has 0 radical (unpaired) electrons. The summed E-state index contributed by atoms with van der Waals surface area (Å²) < 4.78 is 12.0. The molecule has 2 aromatic carbocycles. The Kier molecular flexibility index (Phi) is 7.57. The summed E-state index contributed by atoms with van der Waals surface area (Å²) in [5.41, 5.74) is 2.11. The number of nitrogens with zero attached hydrogens (tertiary/aromatic N) is 5. The van der Waals surface area contributed by atoms with Crippen molar-refractivity contribution in [1.29, 1.82) is 0 Å². The number of carbonyl (C=O) groups excluding carboxylic acids is 1. The maximum atomic E-state index is 12.0. The van der Waals surface area contributed by atoms with Crippen LogP contribution in [0.25, 0.3) is 10.9 Å². The molecule has 3 heterocycles. The van der Waals surface area contributed by atoms with E-state index in [4.69, 9.17) is 21.1 Å². The van der Waals surface area contributed by atoms with Gasteiger partial charge < -0.3 is 24.8 Å². The van der Waals surface area contributed by atoms with Crippen LogP contribution in [0.15, 0.2) is 61.3 Å². The van der Waals surface area contributed by atoms with E-state index < -0.39 is 6.61 Å². The van der Waals surface area contributed by atoms with Crippen LogP contribution in [0.4, 0.5) is 11.5 Å². The highest BCUT2D eigenvalue weighted by Crippen LogP contribution is 2.34. The molecule has 1 aliphatic heterocycles. The van der Waals surface area contributed by atoms with Gasteiger partial charge in [0.15, 0.2) is 0 Å². The molecule has 5 rings (SSSR count). The fraction of sp³-hybridized carbons (Fsp3) is 0.269. The monoisotopic (exact) mass is 520 g/mol. The Morgan fingerprint density at radius 3 is 2.86 bits per heavy atom. The highest BCUT2D eigenvalue weighted by Gasteiger charge is 2.29. The van der Waals surface area contributed by atoms with Gasteiger partial charge in [0.2, 0.25) is 5.91 Å². The van der Waals surface area contributed by atoms with Gasteiger partial charge in [0, 0.05) is 24.6 Å². The number of rotatable bonds is 9. The minimum absolute atomic E-state index is 0.0934. The lowest BCUT2D eigenvalue weighted by molar-refractivity contribution is -0.135. The second-order valence-electron chi connectivity index (χ2n) is 8.48. The quantitative estimate of drug-likeness (QED) is 0.339. The lowest BCUT2D eigenvalue weighted by Gasteiger charge is -2.24. The van der Waals surface area contributed by atoms with E-state index in [1.54, 1.807) is 35.6 Å². The number of fused-ring (bicyclic) bond motifs is 1. The molecule has 1 atom stereocenters. The lowest BCUT2D eigenvalue weighted by atomic mass is 10.2. The molecule has 4 aromatic rings. The van der Waals surface area contributed by atoms with Crippen molar-refractivity contribution >= 4 is 39.9 Å². The second-order valence-corrected chi connectivity index (χ2v) is 8.89. The third-order valence-electron chi connectivity index (χ3n) is 6.08. The van der Waals surface area contributed by atoms with E-state index >= 15 is 0 Å². The zero-order chi connectivity index (χ0) is 25.6. The van der Waals surface area contributed by atoms with Crippen molar-refractivity contribution in [2.75, 3.05) is 25.1 Å². The van der Waals surface area contributed by atoms with Gasteiger partial charge >= 0.3 is 0 Å². The first-order valence-corrected chi connectivity index (χ1v) is 12.2. The molecule has 0 saturated carbocycles. The molecule has 0 unspecified atom stereocenters. The van der Waals surface area contributed by atoms with Crippen LogP contribution in [0.2, 0.25) is 5.02 Å². The second kappa shape index (κ2) is 11.4. The Morgan fingerprint density at radius 1 is 1.14 bits per heavy atom. The first kappa shape index (κ1) is 24.7. The van der Waals surface area contributed by atoms with Crippen LogP contribution in [-0.2, 0) is 11.4 Å². The smallest absolute Gasteiger partial charge is 0.248 e. The minimum Gasteiger partial charge on any atom is -0.491 e. The highest BCUT2D eigenvalue weighted by molar-refractivity contribution is 6.32. The summed E-state index contributed by atoms with van der Waals surface area (Å²) in [7, 11) is 0. The normalized spacial score (nSPS) is 15.1. The number of aliphatic hydroxyl groups excluding tert-OH is 1. The van der Waals surface area contributed by atoms with Crippen LogP contribution in [-0.4, -0.2) is 61.6 Å². The topological polar surface area (TPSA) is 123 Å². The molecule has 11 heteroatoms. The van der Waals surface area contributed by atoms with Gasteiger partial charge in [0.05, 0.1) is 33.9 Å². The lowest BCUT2D eigenvalue weighted by Crippen LogP contribution is -2.40. The summed E-state index contributed by atoms with van der Waals surface area (Å²) >= 11 is 6.48. The number of benzene rings is 2. The fourth-order valence-corrected chi connectivity index (χ4v) is 4.53. The van der Waals surface area contributed by atoms with Crippen molar-refractivity contribution in [1.82, 2.24) is 24.8 Å². The Labute approximate surface area is 218 Å². The number of likely N-dealkylation sites (tertiary alicyclic amines) is 1. The molecule has 1 saturated heterocycles. The molecule has 1 aliphatic rings. The van der Waals surface area contributed by atoms with Gasteiger partial charge in [-0.25, -0.2) is 9.97 Å². The zero-order valence-electron chi connectivity index (χ0n) is 19.9. The Balaban J connectivity index is 1.33. The molecule has 190 valence electrons. The van der Waals surface area contributed by atoms with Crippen LogP contribution >= 0.6 is 11.6 Å². The molecule has 0 bridgehead atoms. The average Bonchev–Trinajstić information content (AvgIpc) is 3.40. The van der Waals surface area contributed by atoms with Gasteiger partial charge in [-0.3, -0.25) is 14.8 Å². The summed E-state index contributed by atoms with van der Waals surface area (Å²) in [4.78, 5) is 30.7. The number of ether oxygens (including phenoxy) is 2. The molecule has 37 heavy (non-hydrogen) atoms. The molecular weight excluding hydrogens is 496 g/mol. The number of halogens is 1. The van der Waals surface area contributed by atoms with E-state index in [2.05, 4.69) is 25.3 Å². The summed E-state index contributed by atoms with van der Waals surface area (Å²) in [6, 6.07) is 10.9. The van der Waals surface area contributed by atoms with Crippen molar-refractivity contribution in [2.24, 2.45) is 0 Å². The third-order valence-corrected chi connectivity index (χ3v) is 6.37. The molecule has 2 aromatic heterocycles. The maximum absolute atomic E-state index is 12.0. The minimum atomic E-state index is -0.501. The number of nitrogens with one attached hydrogen (secondary N) is 1. The summed E-state index contributed by atoms with van der Waals surface area (Å²) in [6.07, 6.45) is 8.03. The summed E-state index contributed by atoms with van der Waals surface area (Å²) in [5.74, 6) is 1.39. The summed E-state index contributed by atoms with van der Waals surface area (Å²) in [6.45, 7) is 0.681. The number of aliphatic hydroxyl groups is 1. The van der Waals surface area contributed by atoms with Gasteiger partial charge in [-0.05, 0) is 43.2 Å². The van der Waals surface area contributed by atoms with Gasteiger partial charge in [0.1, 0.15) is 43.5 Å².